The summed E-state index contributed by atoms with van der Waals surface area (Å²) >= 11 is 1.32. The van der Waals surface area contributed by atoms with Crippen molar-refractivity contribution in [1.29, 1.82) is 0 Å². The number of rotatable bonds is 13. The van der Waals surface area contributed by atoms with Crippen LogP contribution in [0.25, 0.3) is 10.2 Å². The van der Waals surface area contributed by atoms with Crippen molar-refractivity contribution in [2.75, 3.05) is 18.4 Å². The van der Waals surface area contributed by atoms with Crippen molar-refractivity contribution in [3.8, 4) is 0 Å². The molecular weight excluding hydrogens is 430 g/mol. The standard InChI is InChI=1S/C23H37N3O3S2/c1-6-7-8-9-10-11-22(27)25-23-24-20-13-12-19(14-21(20)30-23)31(28,29)26(15-17(2)3)16-18(4)5/h12-14,17-18H,6-11,15-16H2,1-5H3,(H,24,25,27). The molecule has 0 aliphatic heterocycles. The number of nitrogens with one attached hydrogen (secondary N) is 1. The monoisotopic (exact) mass is 467 g/mol. The summed E-state index contributed by atoms with van der Waals surface area (Å²) in [5.41, 5.74) is 0.696. The Balaban J connectivity index is 2.13. The Hall–Kier alpha value is -1.51. The first-order chi connectivity index (χ1) is 14.6. The van der Waals surface area contributed by atoms with Crippen molar-refractivity contribution >= 4 is 42.6 Å². The summed E-state index contributed by atoms with van der Waals surface area (Å²) in [5.74, 6) is 0.442. The number of aromatic nitrogens is 1. The Morgan fingerprint density at radius 1 is 1.06 bits per heavy atom. The first-order valence-electron chi connectivity index (χ1n) is 11.3. The normalized spacial score (nSPS) is 12.4. The van der Waals surface area contributed by atoms with Crippen molar-refractivity contribution in [1.82, 2.24) is 9.29 Å². The summed E-state index contributed by atoms with van der Waals surface area (Å²) in [5, 5.41) is 3.38. The quantitative estimate of drug-likeness (QED) is 0.372. The Morgan fingerprint density at radius 2 is 1.71 bits per heavy atom. The molecule has 0 atom stereocenters. The van der Waals surface area contributed by atoms with Gasteiger partial charge in [-0.2, -0.15) is 4.31 Å². The Labute approximate surface area is 191 Å². The van der Waals surface area contributed by atoms with E-state index in [2.05, 4.69) is 17.2 Å². The number of carbonyl (C=O) groups excluding carboxylic acids is 1. The second kappa shape index (κ2) is 11.9. The van der Waals surface area contributed by atoms with E-state index in [0.717, 1.165) is 24.0 Å². The summed E-state index contributed by atoms with van der Waals surface area (Å²) in [6.07, 6.45) is 5.97. The number of thiazole rings is 1. The molecule has 0 spiro atoms. The SMILES string of the molecule is CCCCCCCC(=O)Nc1nc2ccc(S(=O)(=O)N(CC(C)C)CC(C)C)cc2s1. The second-order valence-electron chi connectivity index (χ2n) is 8.97. The molecule has 0 aliphatic carbocycles. The van der Waals surface area contributed by atoms with E-state index in [-0.39, 0.29) is 22.6 Å². The number of fused-ring (bicyclic) bond motifs is 1. The summed E-state index contributed by atoms with van der Waals surface area (Å²) in [6.45, 7) is 11.2. The molecule has 0 saturated heterocycles. The lowest BCUT2D eigenvalue weighted by Gasteiger charge is -2.25. The molecule has 1 N–H and O–H groups in total. The number of sulfonamides is 1. The zero-order chi connectivity index (χ0) is 23.0. The topological polar surface area (TPSA) is 79.4 Å². The molecule has 0 bridgehead atoms. The molecule has 6 nitrogen and oxygen atoms in total. The average molecular weight is 468 g/mol. The zero-order valence-corrected chi connectivity index (χ0v) is 21.1. The summed E-state index contributed by atoms with van der Waals surface area (Å²) in [4.78, 5) is 16.9. The number of unbranched alkanes of at least 4 members (excludes halogenated alkanes) is 4. The number of nitrogens with zero attached hydrogens (tertiary/aromatic N) is 2. The third-order valence-corrected chi connectivity index (χ3v) is 7.65. The smallest absolute Gasteiger partial charge is 0.243 e. The number of hydrogen-bond donors (Lipinski definition) is 1. The van der Waals surface area contributed by atoms with Gasteiger partial charge in [0.05, 0.1) is 15.1 Å². The number of anilines is 1. The highest BCUT2D eigenvalue weighted by molar-refractivity contribution is 7.89. The minimum Gasteiger partial charge on any atom is -0.302 e. The van der Waals surface area contributed by atoms with E-state index in [0.29, 0.717) is 30.2 Å². The van der Waals surface area contributed by atoms with E-state index in [1.807, 2.05) is 27.7 Å². The predicted molar refractivity (Wildman–Crippen MR) is 130 cm³/mol. The van der Waals surface area contributed by atoms with Gasteiger partial charge in [-0.05, 0) is 36.5 Å². The van der Waals surface area contributed by atoms with Crippen molar-refractivity contribution in [3.05, 3.63) is 18.2 Å². The fourth-order valence-electron chi connectivity index (χ4n) is 3.42. The van der Waals surface area contributed by atoms with Crippen LogP contribution in [0.2, 0.25) is 0 Å². The highest BCUT2D eigenvalue weighted by Gasteiger charge is 2.26. The summed E-state index contributed by atoms with van der Waals surface area (Å²) < 4.78 is 28.9. The number of hydrogen-bond acceptors (Lipinski definition) is 5. The molecule has 0 unspecified atom stereocenters. The molecule has 0 aliphatic rings. The van der Waals surface area contributed by atoms with E-state index in [1.165, 1.54) is 24.2 Å². The first-order valence-corrected chi connectivity index (χ1v) is 13.6. The van der Waals surface area contributed by atoms with Crippen LogP contribution in [0.4, 0.5) is 5.13 Å². The van der Waals surface area contributed by atoms with Crippen LogP contribution in [-0.4, -0.2) is 36.7 Å². The minimum absolute atomic E-state index is 0.0385. The van der Waals surface area contributed by atoms with E-state index < -0.39 is 10.0 Å². The average Bonchev–Trinajstić information content (AvgIpc) is 3.07. The highest BCUT2D eigenvalue weighted by atomic mass is 32.2. The Kier molecular flexibility index (Phi) is 9.90. The van der Waals surface area contributed by atoms with Crippen LogP contribution in [0.15, 0.2) is 23.1 Å². The van der Waals surface area contributed by atoms with Gasteiger partial charge in [0.2, 0.25) is 15.9 Å². The number of benzene rings is 1. The highest BCUT2D eigenvalue weighted by Crippen LogP contribution is 2.30. The molecule has 0 saturated carbocycles. The van der Waals surface area contributed by atoms with Gasteiger partial charge in [0.15, 0.2) is 5.13 Å². The van der Waals surface area contributed by atoms with Gasteiger partial charge in [-0.25, -0.2) is 13.4 Å². The van der Waals surface area contributed by atoms with Gasteiger partial charge in [-0.3, -0.25) is 4.79 Å². The summed E-state index contributed by atoms with van der Waals surface area (Å²) in [7, 11) is -3.59. The molecule has 0 fully saturated rings. The van der Waals surface area contributed by atoms with Gasteiger partial charge < -0.3 is 5.32 Å². The fourth-order valence-corrected chi connectivity index (χ4v) is 6.21. The van der Waals surface area contributed by atoms with E-state index in [9.17, 15) is 13.2 Å². The van der Waals surface area contributed by atoms with E-state index in [4.69, 9.17) is 0 Å². The molecule has 1 heterocycles. The minimum atomic E-state index is -3.59. The van der Waals surface area contributed by atoms with Gasteiger partial charge in [0, 0.05) is 19.5 Å². The molecule has 1 amide bonds. The van der Waals surface area contributed by atoms with E-state index >= 15 is 0 Å². The van der Waals surface area contributed by atoms with Crippen molar-refractivity contribution in [2.24, 2.45) is 11.8 Å². The molecule has 1 aromatic heterocycles. The molecule has 0 radical (unpaired) electrons. The van der Waals surface area contributed by atoms with Crippen LogP contribution in [-0.2, 0) is 14.8 Å². The largest absolute Gasteiger partial charge is 0.302 e. The van der Waals surface area contributed by atoms with Crippen LogP contribution in [0.1, 0.15) is 73.1 Å². The van der Waals surface area contributed by atoms with Crippen LogP contribution in [0, 0.1) is 11.8 Å². The molecule has 1 aromatic carbocycles. The van der Waals surface area contributed by atoms with Crippen LogP contribution in [0.5, 0.6) is 0 Å². The van der Waals surface area contributed by atoms with Gasteiger partial charge in [0.25, 0.3) is 0 Å². The van der Waals surface area contributed by atoms with Crippen LogP contribution in [0.3, 0.4) is 0 Å². The maximum atomic E-state index is 13.3. The third kappa shape index (κ3) is 7.84. The van der Waals surface area contributed by atoms with Gasteiger partial charge in [0.1, 0.15) is 0 Å². The zero-order valence-electron chi connectivity index (χ0n) is 19.5. The Morgan fingerprint density at radius 3 is 2.32 bits per heavy atom. The van der Waals surface area contributed by atoms with Crippen molar-refractivity contribution in [3.63, 3.8) is 0 Å². The van der Waals surface area contributed by atoms with E-state index in [1.54, 1.807) is 22.5 Å². The first kappa shape index (κ1) is 25.7. The number of carbonyl (C=O) groups is 1. The molecule has 2 aromatic rings. The Bertz CT molecular complexity index is 942. The van der Waals surface area contributed by atoms with Crippen LogP contribution >= 0.6 is 11.3 Å². The van der Waals surface area contributed by atoms with Gasteiger partial charge in [-0.1, -0.05) is 71.6 Å². The molecule has 2 rings (SSSR count). The van der Waals surface area contributed by atoms with Crippen molar-refractivity contribution in [2.45, 2.75) is 78.0 Å². The lowest BCUT2D eigenvalue weighted by atomic mass is 10.1. The lowest BCUT2D eigenvalue weighted by molar-refractivity contribution is -0.116. The predicted octanol–water partition coefficient (Wildman–Crippen LogP) is 5.90. The summed E-state index contributed by atoms with van der Waals surface area (Å²) in [6, 6.07) is 5.02. The van der Waals surface area contributed by atoms with Gasteiger partial charge in [-0.15, -0.1) is 0 Å². The molecular formula is C23H37N3O3S2. The second-order valence-corrected chi connectivity index (χ2v) is 11.9. The third-order valence-electron chi connectivity index (χ3n) is 4.89. The van der Waals surface area contributed by atoms with Crippen molar-refractivity contribution < 1.29 is 13.2 Å². The lowest BCUT2D eigenvalue weighted by Crippen LogP contribution is -2.37. The molecule has 8 heteroatoms. The van der Waals surface area contributed by atoms with Crippen LogP contribution < -0.4 is 5.32 Å². The maximum absolute atomic E-state index is 13.3. The molecule has 174 valence electrons. The fraction of sp³-hybridized carbons (Fsp3) is 0.652. The van der Waals surface area contributed by atoms with Gasteiger partial charge >= 0.3 is 0 Å². The maximum Gasteiger partial charge on any atom is 0.243 e. The molecule has 31 heavy (non-hydrogen) atoms. The number of amides is 1.